The predicted octanol–water partition coefficient (Wildman–Crippen LogP) is 6.25. The van der Waals surface area contributed by atoms with Gasteiger partial charge in [0.25, 0.3) is 11.8 Å². The van der Waals surface area contributed by atoms with Gasteiger partial charge in [-0.3, -0.25) is 19.4 Å². The topological polar surface area (TPSA) is 116 Å². The molecule has 1 atom stereocenters. The number of ether oxygens (including phenoxy) is 2. The number of carbonyl (C=O) groups excluding carboxylic acids is 2. The molecule has 7 rings (SSSR count). The molecule has 1 N–H and O–H groups in total. The van der Waals surface area contributed by atoms with Crippen molar-refractivity contribution in [2.45, 2.75) is 32.9 Å². The second-order valence-corrected chi connectivity index (χ2v) is 13.9. The van der Waals surface area contributed by atoms with Gasteiger partial charge in [0.15, 0.2) is 11.6 Å². The van der Waals surface area contributed by atoms with Crippen molar-refractivity contribution in [3.05, 3.63) is 118 Å². The fourth-order valence-electron chi connectivity index (χ4n) is 7.60. The number of aromatic hydroxyl groups is 1. The standard InChI is InChI=1S/C42H43FN6O5/c1-26-34(42(52)49(30-10-12-33(50)13-11-30)38-19-31(23-44)45(3)27(38)2)21-39(46(26)4)35-22-40(53-5)37(43)20-36(35)41(51)48-24-29-9-7-6-8-28(29)18-32(48)25-47-14-16-54-17-15-47/h6-13,19-22,32,50H,14-18,24-25H2,1-5H3/t32-/m0/s1. The van der Waals surface area contributed by atoms with Crippen LogP contribution in [-0.4, -0.2) is 81.9 Å². The van der Waals surface area contributed by atoms with Crippen LogP contribution in [0.15, 0.2) is 72.8 Å². The molecule has 5 aromatic rings. The molecule has 2 aliphatic rings. The van der Waals surface area contributed by atoms with Gasteiger partial charge in [0.2, 0.25) is 0 Å². The van der Waals surface area contributed by atoms with E-state index in [0.717, 1.165) is 18.7 Å². The van der Waals surface area contributed by atoms with Crippen LogP contribution in [0, 0.1) is 31.0 Å². The Balaban J connectivity index is 1.33. The first kappa shape index (κ1) is 36.5. The number of hydrogen-bond acceptors (Lipinski definition) is 7. The minimum Gasteiger partial charge on any atom is -0.508 e. The predicted molar refractivity (Wildman–Crippen MR) is 203 cm³/mol. The molecule has 0 radical (unpaired) electrons. The largest absolute Gasteiger partial charge is 0.508 e. The highest BCUT2D eigenvalue weighted by Crippen LogP contribution is 2.38. The van der Waals surface area contributed by atoms with Gasteiger partial charge >= 0.3 is 0 Å². The molecule has 2 aliphatic heterocycles. The number of halogens is 1. The van der Waals surface area contributed by atoms with Crippen molar-refractivity contribution >= 4 is 23.2 Å². The molecule has 0 spiro atoms. The Bertz CT molecular complexity index is 2280. The molecule has 1 saturated heterocycles. The number of nitrogens with zero attached hydrogens (tertiary/aromatic N) is 6. The first-order valence-corrected chi connectivity index (χ1v) is 17.9. The summed E-state index contributed by atoms with van der Waals surface area (Å²) in [5.41, 5.74) is 6.33. The summed E-state index contributed by atoms with van der Waals surface area (Å²) in [6.07, 6.45) is 0.661. The van der Waals surface area contributed by atoms with Crippen molar-refractivity contribution in [3.63, 3.8) is 0 Å². The third-order valence-electron chi connectivity index (χ3n) is 10.9. The highest BCUT2D eigenvalue weighted by molar-refractivity contribution is 6.13. The molecule has 0 unspecified atom stereocenters. The molecule has 0 bridgehead atoms. The highest BCUT2D eigenvalue weighted by Gasteiger charge is 2.35. The van der Waals surface area contributed by atoms with Gasteiger partial charge in [0.05, 0.1) is 37.1 Å². The average molecular weight is 731 g/mol. The smallest absolute Gasteiger partial charge is 0.264 e. The van der Waals surface area contributed by atoms with Crippen molar-refractivity contribution in [2.75, 3.05) is 44.9 Å². The summed E-state index contributed by atoms with van der Waals surface area (Å²) in [4.78, 5) is 35.4. The zero-order chi connectivity index (χ0) is 38.3. The van der Waals surface area contributed by atoms with E-state index in [-0.39, 0.29) is 29.0 Å². The fraction of sp³-hybridized carbons (Fsp3) is 0.310. The van der Waals surface area contributed by atoms with Crippen molar-refractivity contribution in [1.29, 1.82) is 5.26 Å². The van der Waals surface area contributed by atoms with Gasteiger partial charge in [-0.2, -0.15) is 5.26 Å². The number of benzene rings is 3. The molecule has 2 aromatic heterocycles. The number of hydrogen-bond donors (Lipinski definition) is 1. The van der Waals surface area contributed by atoms with Crippen LogP contribution >= 0.6 is 0 Å². The molecule has 11 nitrogen and oxygen atoms in total. The third-order valence-corrected chi connectivity index (χ3v) is 10.9. The molecule has 4 heterocycles. The Labute approximate surface area is 314 Å². The number of nitriles is 1. The van der Waals surface area contributed by atoms with Crippen LogP contribution < -0.4 is 9.64 Å². The Morgan fingerprint density at radius 3 is 2.33 bits per heavy atom. The van der Waals surface area contributed by atoms with Gasteiger partial charge in [0, 0.05) is 74.6 Å². The lowest BCUT2D eigenvalue weighted by Crippen LogP contribution is -2.52. The third kappa shape index (κ3) is 6.61. The van der Waals surface area contributed by atoms with Crippen molar-refractivity contribution in [3.8, 4) is 28.8 Å². The van der Waals surface area contributed by atoms with E-state index in [1.54, 1.807) is 42.9 Å². The van der Waals surface area contributed by atoms with Gasteiger partial charge in [-0.15, -0.1) is 0 Å². The second kappa shape index (κ2) is 14.9. The lowest BCUT2D eigenvalue weighted by Gasteiger charge is -2.40. The molecule has 54 heavy (non-hydrogen) atoms. The first-order chi connectivity index (χ1) is 26.0. The van der Waals surface area contributed by atoms with Crippen LogP contribution in [0.4, 0.5) is 15.8 Å². The van der Waals surface area contributed by atoms with Gasteiger partial charge < -0.3 is 28.6 Å². The number of amides is 2. The maximum absolute atomic E-state index is 15.7. The molecule has 2 amide bonds. The van der Waals surface area contributed by atoms with E-state index in [0.29, 0.717) is 78.0 Å². The fourth-order valence-corrected chi connectivity index (χ4v) is 7.60. The minimum absolute atomic E-state index is 0.0307. The maximum Gasteiger partial charge on any atom is 0.264 e. The summed E-state index contributed by atoms with van der Waals surface area (Å²) < 4.78 is 30.2. The Kier molecular flexibility index (Phi) is 10.0. The van der Waals surface area contributed by atoms with E-state index in [4.69, 9.17) is 9.47 Å². The highest BCUT2D eigenvalue weighted by atomic mass is 19.1. The van der Waals surface area contributed by atoms with Gasteiger partial charge in [-0.25, -0.2) is 4.39 Å². The number of anilines is 2. The van der Waals surface area contributed by atoms with Crippen LogP contribution in [0.1, 0.15) is 48.9 Å². The van der Waals surface area contributed by atoms with Gasteiger partial charge in [-0.05, 0) is 79.9 Å². The summed E-state index contributed by atoms with van der Waals surface area (Å²) in [5, 5.41) is 19.9. The maximum atomic E-state index is 15.7. The lowest BCUT2D eigenvalue weighted by molar-refractivity contribution is 0.0193. The van der Waals surface area contributed by atoms with E-state index in [1.807, 2.05) is 41.5 Å². The Morgan fingerprint density at radius 1 is 0.963 bits per heavy atom. The summed E-state index contributed by atoms with van der Waals surface area (Å²) >= 11 is 0. The van der Waals surface area contributed by atoms with E-state index in [2.05, 4.69) is 17.0 Å². The molecule has 278 valence electrons. The van der Waals surface area contributed by atoms with Gasteiger partial charge in [-0.1, -0.05) is 24.3 Å². The number of phenols is 1. The molecule has 3 aromatic carbocycles. The monoisotopic (exact) mass is 730 g/mol. The van der Waals surface area contributed by atoms with E-state index >= 15 is 4.39 Å². The Morgan fingerprint density at radius 2 is 1.67 bits per heavy atom. The van der Waals surface area contributed by atoms with Crippen molar-refractivity contribution in [2.24, 2.45) is 14.1 Å². The number of morpholine rings is 1. The number of phenolic OH excluding ortho intramolecular Hbond substituents is 1. The van der Waals surface area contributed by atoms with E-state index in [1.165, 1.54) is 41.8 Å². The molecular formula is C42H43FN6O5. The Hall–Kier alpha value is -5.90. The van der Waals surface area contributed by atoms with E-state index < -0.39 is 11.7 Å². The zero-order valence-corrected chi connectivity index (χ0v) is 31.1. The SMILES string of the molecule is COc1cc(-c2cc(C(=O)N(c3ccc(O)cc3)c3cc(C#N)n(C)c3C)c(C)n2C)c(C(=O)N2Cc3ccccc3C[C@H]2CN2CCOCC2)cc1F. The molecule has 1 fully saturated rings. The number of fused-ring (bicyclic) bond motifs is 1. The zero-order valence-electron chi connectivity index (χ0n) is 31.1. The quantitative estimate of drug-likeness (QED) is 0.201. The number of methoxy groups -OCH3 is 1. The van der Waals surface area contributed by atoms with Crippen LogP contribution in [0.5, 0.6) is 11.5 Å². The summed E-state index contributed by atoms with van der Waals surface area (Å²) in [5.74, 6) is -1.37. The normalized spacial score (nSPS) is 15.8. The first-order valence-electron chi connectivity index (χ1n) is 17.9. The number of carbonyl (C=O) groups is 2. The number of aromatic nitrogens is 2. The summed E-state index contributed by atoms with van der Waals surface area (Å²) in [6, 6.07) is 22.5. The van der Waals surface area contributed by atoms with Gasteiger partial charge in [0.1, 0.15) is 17.5 Å². The summed E-state index contributed by atoms with van der Waals surface area (Å²) in [7, 11) is 4.94. The van der Waals surface area contributed by atoms with Crippen LogP contribution in [-0.2, 0) is 31.8 Å². The second-order valence-electron chi connectivity index (χ2n) is 13.9. The van der Waals surface area contributed by atoms with Crippen LogP contribution in [0.25, 0.3) is 11.3 Å². The molecule has 0 aliphatic carbocycles. The van der Waals surface area contributed by atoms with Crippen molar-refractivity contribution in [1.82, 2.24) is 18.9 Å². The minimum atomic E-state index is -0.666. The number of rotatable bonds is 8. The van der Waals surface area contributed by atoms with Crippen LogP contribution in [0.3, 0.4) is 0 Å². The molecule has 0 saturated carbocycles. The molecular weight excluding hydrogens is 687 g/mol. The van der Waals surface area contributed by atoms with Crippen LogP contribution in [0.2, 0.25) is 0 Å². The lowest BCUT2D eigenvalue weighted by atomic mass is 9.92. The van der Waals surface area contributed by atoms with E-state index in [9.17, 15) is 20.0 Å². The molecule has 12 heteroatoms. The van der Waals surface area contributed by atoms with Crippen molar-refractivity contribution < 1.29 is 28.6 Å². The summed E-state index contributed by atoms with van der Waals surface area (Å²) in [6.45, 7) is 7.46. The average Bonchev–Trinajstić information content (AvgIpc) is 3.64.